The van der Waals surface area contributed by atoms with Crippen LogP contribution < -0.4 is 0 Å². The first-order valence-corrected chi connectivity index (χ1v) is 6.89. The molecule has 1 N–H and O–H groups in total. The third-order valence-corrected chi connectivity index (χ3v) is 3.60. The average molecular weight is 270 g/mol. The van der Waals surface area contributed by atoms with Crippen LogP contribution in [0.1, 0.15) is 18.2 Å². The highest BCUT2D eigenvalue weighted by molar-refractivity contribution is 5.25. The molecule has 0 saturated heterocycles. The molecule has 0 spiro atoms. The molecule has 3 heteroatoms. The van der Waals surface area contributed by atoms with Crippen molar-refractivity contribution in [1.82, 2.24) is 9.88 Å². The molecule has 0 aliphatic heterocycles. The number of benzene rings is 1. The van der Waals surface area contributed by atoms with Crippen LogP contribution in [0.2, 0.25) is 0 Å². The summed E-state index contributed by atoms with van der Waals surface area (Å²) < 4.78 is 0. The zero-order valence-corrected chi connectivity index (χ0v) is 12.2. The Balaban J connectivity index is 2.06. The van der Waals surface area contributed by atoms with Crippen LogP contribution in [0.4, 0.5) is 0 Å². The maximum absolute atomic E-state index is 9.81. The summed E-state index contributed by atoms with van der Waals surface area (Å²) in [6.45, 7) is 3.79. The lowest BCUT2D eigenvalue weighted by atomic mass is 9.83. The molecule has 0 saturated carbocycles. The van der Waals surface area contributed by atoms with Gasteiger partial charge in [0.1, 0.15) is 0 Å². The number of pyridine rings is 1. The maximum Gasteiger partial charge on any atom is 0.0543 e. The third-order valence-electron chi connectivity index (χ3n) is 3.60. The lowest BCUT2D eigenvalue weighted by Crippen LogP contribution is -2.39. The van der Waals surface area contributed by atoms with Gasteiger partial charge in [-0.1, -0.05) is 43.3 Å². The monoisotopic (exact) mass is 270 g/mol. The molecule has 0 amide bonds. The molecule has 1 atom stereocenters. The molecule has 0 radical (unpaired) electrons. The van der Waals surface area contributed by atoms with Gasteiger partial charge in [0, 0.05) is 24.7 Å². The summed E-state index contributed by atoms with van der Waals surface area (Å²) in [6.07, 6.45) is 1.81. The minimum absolute atomic E-state index is 0.129. The van der Waals surface area contributed by atoms with E-state index >= 15 is 0 Å². The number of aromatic nitrogens is 1. The summed E-state index contributed by atoms with van der Waals surface area (Å²) in [6, 6.07) is 16.1. The minimum Gasteiger partial charge on any atom is -0.395 e. The SMILES string of the molecule is CN(Cc1ccccn1)CC(C)(CO)c1ccccc1. The Morgan fingerprint density at radius 1 is 1.10 bits per heavy atom. The molecule has 106 valence electrons. The van der Waals surface area contributed by atoms with Gasteiger partial charge in [0.05, 0.1) is 12.3 Å². The lowest BCUT2D eigenvalue weighted by Gasteiger charge is -2.32. The molecule has 2 aromatic rings. The topological polar surface area (TPSA) is 36.4 Å². The zero-order valence-electron chi connectivity index (χ0n) is 12.2. The number of aliphatic hydroxyl groups is 1. The molecular weight excluding hydrogens is 248 g/mol. The van der Waals surface area contributed by atoms with Crippen LogP contribution in [-0.2, 0) is 12.0 Å². The summed E-state index contributed by atoms with van der Waals surface area (Å²) in [5, 5.41) is 9.81. The zero-order chi connectivity index (χ0) is 14.4. The fourth-order valence-corrected chi connectivity index (χ4v) is 2.49. The van der Waals surface area contributed by atoms with Crippen molar-refractivity contribution >= 4 is 0 Å². The van der Waals surface area contributed by atoms with Crippen molar-refractivity contribution in [3.63, 3.8) is 0 Å². The molecule has 1 aromatic heterocycles. The van der Waals surface area contributed by atoms with Gasteiger partial charge in [-0.05, 0) is 24.7 Å². The first-order valence-electron chi connectivity index (χ1n) is 6.89. The molecule has 1 heterocycles. The minimum atomic E-state index is -0.259. The second-order valence-electron chi connectivity index (χ2n) is 5.58. The van der Waals surface area contributed by atoms with Crippen molar-refractivity contribution < 1.29 is 5.11 Å². The van der Waals surface area contributed by atoms with Crippen LogP contribution in [0, 0.1) is 0 Å². The predicted molar refractivity (Wildman–Crippen MR) is 81.5 cm³/mol. The Bertz CT molecular complexity index is 515. The molecule has 0 aliphatic carbocycles. The number of aliphatic hydroxyl groups excluding tert-OH is 1. The summed E-state index contributed by atoms with van der Waals surface area (Å²) in [4.78, 5) is 6.54. The fraction of sp³-hybridized carbons (Fsp3) is 0.353. The highest BCUT2D eigenvalue weighted by Gasteiger charge is 2.27. The van der Waals surface area contributed by atoms with Crippen LogP contribution in [0.5, 0.6) is 0 Å². The van der Waals surface area contributed by atoms with Gasteiger partial charge in [-0.15, -0.1) is 0 Å². The summed E-state index contributed by atoms with van der Waals surface area (Å²) in [5.41, 5.74) is 1.95. The second kappa shape index (κ2) is 6.64. The van der Waals surface area contributed by atoms with Crippen molar-refractivity contribution in [3.05, 3.63) is 66.0 Å². The summed E-state index contributed by atoms with van der Waals surface area (Å²) in [5.74, 6) is 0. The van der Waals surface area contributed by atoms with E-state index in [9.17, 15) is 5.11 Å². The standard InChI is InChI=1S/C17H22N2O/c1-17(14-20,15-8-4-3-5-9-15)13-19(2)12-16-10-6-7-11-18-16/h3-11,20H,12-14H2,1-2H3. The van der Waals surface area contributed by atoms with Gasteiger partial charge in [-0.2, -0.15) is 0 Å². The van der Waals surface area contributed by atoms with Gasteiger partial charge in [-0.3, -0.25) is 9.88 Å². The highest BCUT2D eigenvalue weighted by atomic mass is 16.3. The molecule has 2 rings (SSSR count). The molecule has 0 fully saturated rings. The Hall–Kier alpha value is -1.71. The highest BCUT2D eigenvalue weighted by Crippen LogP contribution is 2.24. The molecule has 3 nitrogen and oxygen atoms in total. The summed E-state index contributed by atoms with van der Waals surface area (Å²) >= 11 is 0. The largest absolute Gasteiger partial charge is 0.395 e. The van der Waals surface area contributed by atoms with E-state index < -0.39 is 0 Å². The van der Waals surface area contributed by atoms with E-state index in [-0.39, 0.29) is 12.0 Å². The number of likely N-dealkylation sites (N-methyl/N-ethyl adjacent to an activating group) is 1. The van der Waals surface area contributed by atoms with Crippen molar-refractivity contribution in [2.45, 2.75) is 18.9 Å². The second-order valence-corrected chi connectivity index (χ2v) is 5.58. The average Bonchev–Trinajstić information content (AvgIpc) is 2.49. The smallest absolute Gasteiger partial charge is 0.0543 e. The Morgan fingerprint density at radius 3 is 2.40 bits per heavy atom. The van der Waals surface area contributed by atoms with Crippen LogP contribution in [-0.4, -0.2) is 35.2 Å². The van der Waals surface area contributed by atoms with Crippen LogP contribution >= 0.6 is 0 Å². The lowest BCUT2D eigenvalue weighted by molar-refractivity contribution is 0.155. The maximum atomic E-state index is 9.81. The predicted octanol–water partition coefficient (Wildman–Crippen LogP) is 2.46. The van der Waals surface area contributed by atoms with E-state index in [0.29, 0.717) is 0 Å². The molecule has 20 heavy (non-hydrogen) atoms. The normalized spacial score (nSPS) is 14.2. The third kappa shape index (κ3) is 3.65. The quantitative estimate of drug-likeness (QED) is 0.876. The molecule has 1 unspecified atom stereocenters. The van der Waals surface area contributed by atoms with Gasteiger partial charge >= 0.3 is 0 Å². The van der Waals surface area contributed by atoms with Gasteiger partial charge < -0.3 is 5.11 Å². The van der Waals surface area contributed by atoms with Crippen LogP contribution in [0.15, 0.2) is 54.7 Å². The van der Waals surface area contributed by atoms with Crippen LogP contribution in [0.3, 0.4) is 0 Å². The molecule has 0 aliphatic rings. The number of hydrogen-bond acceptors (Lipinski definition) is 3. The van der Waals surface area contributed by atoms with Crippen molar-refractivity contribution in [2.75, 3.05) is 20.2 Å². The Labute approximate surface area is 120 Å². The van der Waals surface area contributed by atoms with Crippen molar-refractivity contribution in [1.29, 1.82) is 0 Å². The molecule has 1 aromatic carbocycles. The Morgan fingerprint density at radius 2 is 1.80 bits per heavy atom. The number of rotatable bonds is 6. The van der Waals surface area contributed by atoms with E-state index in [1.807, 2.05) is 42.6 Å². The number of nitrogens with zero attached hydrogens (tertiary/aromatic N) is 2. The van der Waals surface area contributed by atoms with E-state index in [2.05, 4.69) is 36.0 Å². The van der Waals surface area contributed by atoms with Gasteiger partial charge in [0.15, 0.2) is 0 Å². The molecular formula is C17H22N2O. The van der Waals surface area contributed by atoms with Crippen molar-refractivity contribution in [3.8, 4) is 0 Å². The first-order chi connectivity index (χ1) is 9.64. The summed E-state index contributed by atoms with van der Waals surface area (Å²) in [7, 11) is 2.06. The van der Waals surface area contributed by atoms with Gasteiger partial charge in [-0.25, -0.2) is 0 Å². The van der Waals surface area contributed by atoms with E-state index in [1.54, 1.807) is 0 Å². The molecule has 0 bridgehead atoms. The fourth-order valence-electron chi connectivity index (χ4n) is 2.49. The van der Waals surface area contributed by atoms with Crippen molar-refractivity contribution in [2.24, 2.45) is 0 Å². The van der Waals surface area contributed by atoms with Gasteiger partial charge in [0.25, 0.3) is 0 Å². The van der Waals surface area contributed by atoms with Crippen LogP contribution in [0.25, 0.3) is 0 Å². The van der Waals surface area contributed by atoms with Gasteiger partial charge in [0.2, 0.25) is 0 Å². The van der Waals surface area contributed by atoms with E-state index in [4.69, 9.17) is 0 Å². The van der Waals surface area contributed by atoms with E-state index in [0.717, 1.165) is 24.3 Å². The first kappa shape index (κ1) is 14.7. The van der Waals surface area contributed by atoms with E-state index in [1.165, 1.54) is 0 Å². The Kier molecular flexibility index (Phi) is 4.88. The number of hydrogen-bond donors (Lipinski definition) is 1.